The maximum Gasteiger partial charge on any atom is 0.255 e. The van der Waals surface area contributed by atoms with Crippen molar-refractivity contribution >= 4 is 34.1 Å². The summed E-state index contributed by atoms with van der Waals surface area (Å²) in [4.78, 5) is 23.5. The van der Waals surface area contributed by atoms with E-state index in [-0.39, 0.29) is 17.8 Å². The first-order valence-corrected chi connectivity index (χ1v) is 10.6. The number of imidazole rings is 1. The summed E-state index contributed by atoms with van der Waals surface area (Å²) in [6.07, 6.45) is 2.52. The molecule has 0 saturated carbocycles. The van der Waals surface area contributed by atoms with Gasteiger partial charge in [0.1, 0.15) is 11.2 Å². The Morgan fingerprint density at radius 2 is 2.33 bits per heavy atom. The van der Waals surface area contributed by atoms with Crippen molar-refractivity contribution in [2.75, 3.05) is 18.8 Å². The average Bonchev–Trinajstić information content (AvgIpc) is 3.53. The number of aryl methyl sites for hydroxylation is 1. The van der Waals surface area contributed by atoms with Gasteiger partial charge in [0.15, 0.2) is 17.3 Å². The van der Waals surface area contributed by atoms with Crippen LogP contribution in [0.15, 0.2) is 28.3 Å². The normalized spacial score (nSPS) is 16.4. The molecule has 10 nitrogen and oxygen atoms in total. The van der Waals surface area contributed by atoms with Crippen LogP contribution in [0.25, 0.3) is 33.1 Å². The van der Waals surface area contributed by atoms with Crippen LogP contribution in [0.5, 0.6) is 0 Å². The third-order valence-electron chi connectivity index (χ3n) is 5.21. The number of nitrogens with one attached hydrogen (secondary N) is 2. The first-order chi connectivity index (χ1) is 14.7. The predicted octanol–water partition coefficient (Wildman–Crippen LogP) is 1.90. The van der Waals surface area contributed by atoms with Crippen LogP contribution in [0, 0.1) is 0 Å². The van der Waals surface area contributed by atoms with Gasteiger partial charge in [-0.25, -0.2) is 9.61 Å². The first kappa shape index (κ1) is 18.7. The second-order valence-electron chi connectivity index (χ2n) is 7.04. The zero-order valence-corrected chi connectivity index (χ0v) is 17.1. The minimum atomic E-state index is -0.175. The van der Waals surface area contributed by atoms with Gasteiger partial charge in [0.2, 0.25) is 0 Å². The van der Waals surface area contributed by atoms with Gasteiger partial charge in [0.25, 0.3) is 5.91 Å². The lowest BCUT2D eigenvalue weighted by atomic mass is 10.1. The Balaban J connectivity index is 1.73. The number of carbonyl (C=O) groups is 1. The summed E-state index contributed by atoms with van der Waals surface area (Å²) in [7, 11) is 0. The van der Waals surface area contributed by atoms with E-state index in [1.165, 1.54) is 0 Å². The lowest BCUT2D eigenvalue weighted by molar-refractivity contribution is 0.0941. The number of aromatic nitrogens is 5. The lowest BCUT2D eigenvalue weighted by Crippen LogP contribution is -2.36. The third kappa shape index (κ3) is 3.02. The highest BCUT2D eigenvalue weighted by Crippen LogP contribution is 2.35. The third-order valence-corrected chi connectivity index (χ3v) is 6.08. The molecule has 4 aromatic heterocycles. The van der Waals surface area contributed by atoms with Crippen LogP contribution in [0.3, 0.4) is 0 Å². The number of hydrogen-bond acceptors (Lipinski definition) is 9. The molecule has 4 N–H and O–H groups in total. The van der Waals surface area contributed by atoms with Crippen molar-refractivity contribution in [3.8, 4) is 22.1 Å². The molecule has 5 heterocycles. The summed E-state index contributed by atoms with van der Waals surface area (Å²) < 4.78 is 6.69. The van der Waals surface area contributed by atoms with Crippen molar-refractivity contribution < 1.29 is 9.42 Å². The highest BCUT2D eigenvalue weighted by Gasteiger charge is 2.27. The molecule has 4 aromatic rings. The van der Waals surface area contributed by atoms with Crippen LogP contribution in [0.4, 0.5) is 5.82 Å². The van der Waals surface area contributed by atoms with Gasteiger partial charge in [0.05, 0.1) is 16.0 Å². The molecule has 0 radical (unpaired) electrons. The number of nitrogen functional groups attached to an aromatic ring is 1. The standard InChI is InChI=1S/C19H20N8O2S/c1-2-27-16-11(19(28)23-10-5-6-21-8-10)9-22-13(12-4-3-7-30-12)14(16)24-18(27)15-17(20)26-29-25-15/h3-4,7,9-10,21H,2,5-6,8H2,1H3,(H2,20,26)(H,23,28). The number of pyridine rings is 1. The fraction of sp³-hybridized carbons (Fsp3) is 0.316. The number of nitrogens with zero attached hydrogens (tertiary/aromatic N) is 5. The molecule has 30 heavy (non-hydrogen) atoms. The summed E-state index contributed by atoms with van der Waals surface area (Å²) >= 11 is 1.56. The minimum Gasteiger partial charge on any atom is -0.379 e. The van der Waals surface area contributed by atoms with Crippen LogP contribution in [0.2, 0.25) is 0 Å². The number of carbonyl (C=O) groups excluding carboxylic acids is 1. The molecule has 11 heteroatoms. The van der Waals surface area contributed by atoms with E-state index in [0.717, 1.165) is 24.4 Å². The average molecular weight is 424 g/mol. The number of rotatable bonds is 5. The summed E-state index contributed by atoms with van der Waals surface area (Å²) in [5.74, 6) is 0.466. The topological polar surface area (TPSA) is 137 Å². The molecule has 0 aliphatic carbocycles. The number of fused-ring (bicyclic) bond motifs is 1. The molecule has 0 spiro atoms. The molecule has 1 amide bonds. The zero-order valence-electron chi connectivity index (χ0n) is 16.3. The van der Waals surface area contributed by atoms with Crippen LogP contribution in [-0.4, -0.2) is 49.9 Å². The Hall–Kier alpha value is -3.31. The van der Waals surface area contributed by atoms with E-state index in [2.05, 4.69) is 25.9 Å². The van der Waals surface area contributed by atoms with Crippen molar-refractivity contribution in [2.24, 2.45) is 0 Å². The van der Waals surface area contributed by atoms with Crippen LogP contribution >= 0.6 is 11.3 Å². The van der Waals surface area contributed by atoms with E-state index in [1.807, 2.05) is 29.0 Å². The van der Waals surface area contributed by atoms with E-state index in [9.17, 15) is 4.79 Å². The smallest absolute Gasteiger partial charge is 0.255 e. The zero-order chi connectivity index (χ0) is 20.7. The highest BCUT2D eigenvalue weighted by molar-refractivity contribution is 7.13. The van der Waals surface area contributed by atoms with Crippen LogP contribution < -0.4 is 16.4 Å². The van der Waals surface area contributed by atoms with Gasteiger partial charge in [-0.3, -0.25) is 9.78 Å². The molecular weight excluding hydrogens is 404 g/mol. The number of nitrogens with two attached hydrogens (primary N) is 1. The van der Waals surface area contributed by atoms with E-state index in [4.69, 9.17) is 15.3 Å². The molecule has 1 saturated heterocycles. The maximum absolute atomic E-state index is 13.2. The van der Waals surface area contributed by atoms with Gasteiger partial charge in [-0.1, -0.05) is 6.07 Å². The molecular formula is C19H20N8O2S. The summed E-state index contributed by atoms with van der Waals surface area (Å²) in [6, 6.07) is 4.03. The predicted molar refractivity (Wildman–Crippen MR) is 113 cm³/mol. The Morgan fingerprint density at radius 3 is 3.00 bits per heavy atom. The van der Waals surface area contributed by atoms with Gasteiger partial charge in [0, 0.05) is 25.3 Å². The molecule has 0 aromatic carbocycles. The Morgan fingerprint density at radius 1 is 1.43 bits per heavy atom. The number of thiophene rings is 1. The van der Waals surface area contributed by atoms with Crippen LogP contribution in [0.1, 0.15) is 23.7 Å². The fourth-order valence-corrected chi connectivity index (χ4v) is 4.50. The quantitative estimate of drug-likeness (QED) is 0.442. The maximum atomic E-state index is 13.2. The van der Waals surface area contributed by atoms with Crippen molar-refractivity contribution in [1.29, 1.82) is 0 Å². The van der Waals surface area contributed by atoms with Crippen molar-refractivity contribution in [3.05, 3.63) is 29.3 Å². The minimum absolute atomic E-state index is 0.0948. The second kappa shape index (κ2) is 7.50. The Labute approximate surface area is 175 Å². The molecule has 1 aliphatic rings. The Kier molecular flexibility index (Phi) is 4.68. The van der Waals surface area contributed by atoms with Gasteiger partial charge >= 0.3 is 0 Å². The fourth-order valence-electron chi connectivity index (χ4n) is 3.78. The highest BCUT2D eigenvalue weighted by atomic mass is 32.1. The molecule has 1 unspecified atom stereocenters. The molecule has 1 fully saturated rings. The van der Waals surface area contributed by atoms with Crippen molar-refractivity contribution in [2.45, 2.75) is 25.9 Å². The lowest BCUT2D eigenvalue weighted by Gasteiger charge is -2.13. The molecule has 5 rings (SSSR count). The van der Waals surface area contributed by atoms with Crippen molar-refractivity contribution in [1.82, 2.24) is 35.5 Å². The molecule has 0 bridgehead atoms. The largest absolute Gasteiger partial charge is 0.379 e. The summed E-state index contributed by atoms with van der Waals surface area (Å²) in [5, 5.41) is 15.9. The first-order valence-electron chi connectivity index (χ1n) is 9.70. The van der Waals surface area contributed by atoms with E-state index in [1.54, 1.807) is 17.5 Å². The van der Waals surface area contributed by atoms with E-state index < -0.39 is 0 Å². The van der Waals surface area contributed by atoms with E-state index in [0.29, 0.717) is 40.4 Å². The number of amides is 1. The molecule has 154 valence electrons. The molecule has 1 atom stereocenters. The second-order valence-corrected chi connectivity index (χ2v) is 7.98. The van der Waals surface area contributed by atoms with Crippen molar-refractivity contribution in [3.63, 3.8) is 0 Å². The SMILES string of the molecule is CCn1c(-c2nonc2N)nc2c(-c3cccs3)ncc(C(=O)NC3CCNC3)c21. The van der Waals surface area contributed by atoms with E-state index >= 15 is 0 Å². The number of anilines is 1. The van der Waals surface area contributed by atoms with Gasteiger partial charge in [-0.2, -0.15) is 0 Å². The molecule has 1 aliphatic heterocycles. The number of hydrogen-bond donors (Lipinski definition) is 3. The summed E-state index contributed by atoms with van der Waals surface area (Å²) in [6.45, 7) is 4.18. The van der Waals surface area contributed by atoms with Crippen LogP contribution in [-0.2, 0) is 6.54 Å². The summed E-state index contributed by atoms with van der Waals surface area (Å²) in [5.41, 5.74) is 8.77. The monoisotopic (exact) mass is 424 g/mol. The van der Waals surface area contributed by atoms with Gasteiger partial charge in [-0.05, 0) is 41.6 Å². The van der Waals surface area contributed by atoms with Gasteiger partial charge in [-0.15, -0.1) is 11.3 Å². The Bertz CT molecular complexity index is 1210. The van der Waals surface area contributed by atoms with Gasteiger partial charge < -0.3 is 20.9 Å².